The second kappa shape index (κ2) is 6.01. The van der Waals surface area contributed by atoms with Gasteiger partial charge in [0, 0.05) is 6.26 Å². The summed E-state index contributed by atoms with van der Waals surface area (Å²) in [5, 5.41) is 0.374. The fraction of sp³-hybridized carbons (Fsp3) is 0.0714. The number of rotatable bonds is 4. The highest BCUT2D eigenvalue weighted by atomic mass is 35.5. The number of halogens is 1. The minimum Gasteiger partial charge on any atom is -0.457 e. The molecule has 0 radical (unpaired) electrons. The first-order valence-electron chi connectivity index (χ1n) is 5.85. The third-order valence-corrected chi connectivity index (χ3v) is 4.31. The summed E-state index contributed by atoms with van der Waals surface area (Å²) < 4.78 is 28.8. The van der Waals surface area contributed by atoms with Crippen molar-refractivity contribution in [2.24, 2.45) is 5.73 Å². The lowest BCUT2D eigenvalue weighted by molar-refractivity contribution is 0.480. The maximum atomic E-state index is 11.5. The van der Waals surface area contributed by atoms with E-state index in [2.05, 4.69) is 0 Å². The predicted octanol–water partition coefficient (Wildman–Crippen LogP) is 3.17. The Morgan fingerprint density at radius 3 is 2.52 bits per heavy atom. The van der Waals surface area contributed by atoms with Crippen LogP contribution < -0.4 is 10.5 Å². The zero-order chi connectivity index (χ0) is 15.6. The van der Waals surface area contributed by atoms with Gasteiger partial charge in [-0.15, -0.1) is 0 Å². The number of sulfone groups is 1. The molecule has 2 rings (SSSR count). The quantitative estimate of drug-likeness (QED) is 0.865. The highest BCUT2D eigenvalue weighted by Gasteiger charge is 2.13. The van der Waals surface area contributed by atoms with Gasteiger partial charge in [-0.1, -0.05) is 36.0 Å². The van der Waals surface area contributed by atoms with Gasteiger partial charge in [0.15, 0.2) is 9.84 Å². The average Bonchev–Trinajstić information content (AvgIpc) is 2.37. The van der Waals surface area contributed by atoms with Crippen LogP contribution in [0.2, 0.25) is 5.02 Å². The van der Waals surface area contributed by atoms with E-state index >= 15 is 0 Å². The SMILES string of the molecule is CS(=O)(=O)c1cccc(Oc2cccc(Cl)c2C(N)=S)c1. The molecule has 0 heterocycles. The number of nitrogens with two attached hydrogens (primary N) is 1. The van der Waals surface area contributed by atoms with Crippen LogP contribution in [0, 0.1) is 0 Å². The molecule has 4 nitrogen and oxygen atoms in total. The number of hydrogen-bond acceptors (Lipinski definition) is 4. The van der Waals surface area contributed by atoms with Gasteiger partial charge >= 0.3 is 0 Å². The van der Waals surface area contributed by atoms with Crippen molar-refractivity contribution in [3.8, 4) is 11.5 Å². The molecule has 7 heteroatoms. The summed E-state index contributed by atoms with van der Waals surface area (Å²) in [4.78, 5) is 0.272. The van der Waals surface area contributed by atoms with Crippen molar-refractivity contribution >= 4 is 38.6 Å². The molecule has 0 bridgehead atoms. The lowest BCUT2D eigenvalue weighted by atomic mass is 10.2. The van der Waals surface area contributed by atoms with Crippen LogP contribution in [-0.4, -0.2) is 19.7 Å². The first-order valence-corrected chi connectivity index (χ1v) is 8.53. The Hall–Kier alpha value is -1.63. The zero-order valence-electron chi connectivity index (χ0n) is 11.0. The molecule has 2 aromatic rings. The summed E-state index contributed by atoms with van der Waals surface area (Å²) >= 11 is 11.0. The van der Waals surface area contributed by atoms with E-state index in [1.807, 2.05) is 0 Å². The first kappa shape index (κ1) is 15.8. The monoisotopic (exact) mass is 341 g/mol. The van der Waals surface area contributed by atoms with E-state index in [0.717, 1.165) is 6.26 Å². The van der Waals surface area contributed by atoms with E-state index in [4.69, 9.17) is 34.3 Å². The van der Waals surface area contributed by atoms with Gasteiger partial charge in [-0.2, -0.15) is 0 Å². The highest BCUT2D eigenvalue weighted by Crippen LogP contribution is 2.31. The van der Waals surface area contributed by atoms with E-state index in [1.54, 1.807) is 30.3 Å². The maximum absolute atomic E-state index is 11.5. The highest BCUT2D eigenvalue weighted by molar-refractivity contribution is 7.90. The molecule has 0 saturated heterocycles. The summed E-state index contributed by atoms with van der Waals surface area (Å²) in [6, 6.07) is 11.2. The van der Waals surface area contributed by atoms with Crippen LogP contribution in [0.3, 0.4) is 0 Å². The minimum absolute atomic E-state index is 0.106. The van der Waals surface area contributed by atoms with Gasteiger partial charge in [-0.3, -0.25) is 0 Å². The van der Waals surface area contributed by atoms with Gasteiger partial charge in [-0.05, 0) is 30.3 Å². The molecule has 21 heavy (non-hydrogen) atoms. The second-order valence-electron chi connectivity index (χ2n) is 4.33. The molecule has 0 amide bonds. The van der Waals surface area contributed by atoms with E-state index in [0.29, 0.717) is 22.1 Å². The summed E-state index contributed by atoms with van der Waals surface area (Å²) in [7, 11) is -3.31. The van der Waals surface area contributed by atoms with E-state index in [1.165, 1.54) is 12.1 Å². The Bertz CT molecular complexity index is 804. The van der Waals surface area contributed by atoms with Crippen molar-refractivity contribution in [2.45, 2.75) is 4.90 Å². The number of benzene rings is 2. The summed E-state index contributed by atoms with van der Waals surface area (Å²) in [6.45, 7) is 0. The summed E-state index contributed by atoms with van der Waals surface area (Å²) in [6.07, 6.45) is 1.13. The van der Waals surface area contributed by atoms with Crippen molar-refractivity contribution in [3.63, 3.8) is 0 Å². The zero-order valence-corrected chi connectivity index (χ0v) is 13.4. The van der Waals surface area contributed by atoms with Gasteiger partial charge in [0.25, 0.3) is 0 Å². The van der Waals surface area contributed by atoms with Gasteiger partial charge in [0.05, 0.1) is 15.5 Å². The molecule has 2 aromatic carbocycles. The van der Waals surface area contributed by atoms with E-state index < -0.39 is 9.84 Å². The molecule has 0 unspecified atom stereocenters. The Kier molecular flexibility index (Phi) is 4.51. The number of thiocarbonyl (C=S) groups is 1. The fourth-order valence-electron chi connectivity index (χ4n) is 1.72. The van der Waals surface area contributed by atoms with Crippen LogP contribution in [0.15, 0.2) is 47.4 Å². The largest absolute Gasteiger partial charge is 0.457 e. The van der Waals surface area contributed by atoms with Crippen LogP contribution in [0.1, 0.15) is 5.56 Å². The van der Waals surface area contributed by atoms with Crippen molar-refractivity contribution in [1.82, 2.24) is 0 Å². The third kappa shape index (κ3) is 3.72. The maximum Gasteiger partial charge on any atom is 0.175 e. The Balaban J connectivity index is 2.44. The molecular formula is C14H12ClNO3S2. The van der Waals surface area contributed by atoms with Crippen LogP contribution in [0.25, 0.3) is 0 Å². The molecule has 0 aliphatic heterocycles. The fourth-order valence-corrected chi connectivity index (χ4v) is 2.91. The summed E-state index contributed by atoms with van der Waals surface area (Å²) in [5.74, 6) is 0.735. The van der Waals surface area contributed by atoms with Crippen molar-refractivity contribution in [1.29, 1.82) is 0 Å². The molecule has 110 valence electrons. The van der Waals surface area contributed by atoms with E-state index in [9.17, 15) is 8.42 Å². The molecule has 0 fully saturated rings. The van der Waals surface area contributed by atoms with Crippen molar-refractivity contribution in [2.75, 3.05) is 6.26 Å². The van der Waals surface area contributed by atoms with Crippen molar-refractivity contribution in [3.05, 3.63) is 53.1 Å². The molecule has 0 aliphatic carbocycles. The van der Waals surface area contributed by atoms with Crippen LogP contribution in [-0.2, 0) is 9.84 Å². The van der Waals surface area contributed by atoms with Crippen LogP contribution >= 0.6 is 23.8 Å². The first-order chi connectivity index (χ1) is 9.79. The normalized spacial score (nSPS) is 11.1. The average molecular weight is 342 g/mol. The number of ether oxygens (including phenoxy) is 1. The van der Waals surface area contributed by atoms with Gasteiger partial charge < -0.3 is 10.5 Å². The van der Waals surface area contributed by atoms with Crippen molar-refractivity contribution < 1.29 is 13.2 Å². The van der Waals surface area contributed by atoms with Crippen LogP contribution in [0.5, 0.6) is 11.5 Å². The molecule has 0 spiro atoms. The lowest BCUT2D eigenvalue weighted by Gasteiger charge is -2.12. The summed E-state index contributed by atoms with van der Waals surface area (Å²) in [5.41, 5.74) is 6.05. The second-order valence-corrected chi connectivity index (χ2v) is 7.19. The van der Waals surface area contributed by atoms with E-state index in [-0.39, 0.29) is 9.88 Å². The van der Waals surface area contributed by atoms with Gasteiger partial charge in [0.1, 0.15) is 16.5 Å². The smallest absolute Gasteiger partial charge is 0.175 e. The molecule has 0 aliphatic rings. The third-order valence-electron chi connectivity index (χ3n) is 2.68. The molecule has 0 atom stereocenters. The van der Waals surface area contributed by atoms with Gasteiger partial charge in [-0.25, -0.2) is 8.42 Å². The standard InChI is InChI=1S/C14H12ClNO3S2/c1-21(17,18)10-5-2-4-9(8-10)19-12-7-3-6-11(15)13(12)14(16)20/h2-8H,1H3,(H2,16,20). The molecule has 0 aromatic heterocycles. The Labute approximate surface area is 133 Å². The lowest BCUT2D eigenvalue weighted by Crippen LogP contribution is -2.11. The molecule has 0 saturated carbocycles. The predicted molar refractivity (Wildman–Crippen MR) is 87.0 cm³/mol. The topological polar surface area (TPSA) is 69.4 Å². The van der Waals surface area contributed by atoms with Crippen LogP contribution in [0.4, 0.5) is 0 Å². The van der Waals surface area contributed by atoms with Gasteiger partial charge in [0.2, 0.25) is 0 Å². The minimum atomic E-state index is -3.31. The Morgan fingerprint density at radius 2 is 1.90 bits per heavy atom. The Morgan fingerprint density at radius 1 is 1.24 bits per heavy atom. The molecule has 2 N–H and O–H groups in total. The number of hydrogen-bond donors (Lipinski definition) is 1. The molecular weight excluding hydrogens is 330 g/mol.